The molecule has 1 atom stereocenters. The number of benzene rings is 1. The second kappa shape index (κ2) is 8.26. The first-order chi connectivity index (χ1) is 13.8. The van der Waals surface area contributed by atoms with Gasteiger partial charge in [0, 0.05) is 23.7 Å². The van der Waals surface area contributed by atoms with E-state index in [1.54, 1.807) is 24.4 Å². The first-order valence-electron chi connectivity index (χ1n) is 8.85. The lowest BCUT2D eigenvalue weighted by molar-refractivity contribution is -0.137. The first-order valence-corrected chi connectivity index (χ1v) is 8.85. The zero-order chi connectivity index (χ0) is 21.0. The average molecular weight is 400 g/mol. The van der Waals surface area contributed by atoms with Crippen LogP contribution in [0.2, 0.25) is 0 Å². The van der Waals surface area contributed by atoms with Crippen molar-refractivity contribution in [1.82, 2.24) is 15.0 Å². The largest absolute Gasteiger partial charge is 0.416 e. The lowest BCUT2D eigenvalue weighted by atomic mass is 9.93. The van der Waals surface area contributed by atoms with Crippen molar-refractivity contribution >= 4 is 23.2 Å². The number of anilines is 3. The second-order valence-corrected chi connectivity index (χ2v) is 6.31. The number of alkyl halides is 3. The molecular weight excluding hydrogens is 381 g/mol. The lowest BCUT2D eigenvalue weighted by Gasteiger charge is -2.18. The summed E-state index contributed by atoms with van der Waals surface area (Å²) in [5.74, 6) is -0.196. The molecule has 0 spiro atoms. The van der Waals surface area contributed by atoms with Crippen molar-refractivity contribution in [1.29, 1.82) is 5.41 Å². The van der Waals surface area contributed by atoms with E-state index in [2.05, 4.69) is 20.3 Å². The Morgan fingerprint density at radius 1 is 1.10 bits per heavy atom. The molecule has 6 nitrogen and oxygen atoms in total. The molecule has 9 heteroatoms. The number of hydrogen-bond donors (Lipinski definition) is 3. The Labute approximate surface area is 165 Å². The van der Waals surface area contributed by atoms with Crippen molar-refractivity contribution < 1.29 is 13.2 Å². The highest BCUT2D eigenvalue weighted by Crippen LogP contribution is 2.31. The van der Waals surface area contributed by atoms with E-state index in [4.69, 9.17) is 11.1 Å². The van der Waals surface area contributed by atoms with E-state index in [1.165, 1.54) is 12.1 Å². The summed E-state index contributed by atoms with van der Waals surface area (Å²) in [5, 5.41) is 11.2. The maximum Gasteiger partial charge on any atom is 0.416 e. The van der Waals surface area contributed by atoms with Crippen molar-refractivity contribution in [3.05, 3.63) is 71.7 Å². The van der Waals surface area contributed by atoms with Crippen LogP contribution >= 0.6 is 0 Å². The van der Waals surface area contributed by atoms with Gasteiger partial charge in [-0.3, -0.25) is 4.98 Å². The van der Waals surface area contributed by atoms with Gasteiger partial charge in [-0.2, -0.15) is 18.2 Å². The van der Waals surface area contributed by atoms with Gasteiger partial charge in [0.2, 0.25) is 5.95 Å². The third kappa shape index (κ3) is 4.87. The van der Waals surface area contributed by atoms with E-state index in [9.17, 15) is 13.2 Å². The minimum atomic E-state index is -4.41. The van der Waals surface area contributed by atoms with Gasteiger partial charge in [-0.15, -0.1) is 0 Å². The van der Waals surface area contributed by atoms with E-state index in [-0.39, 0.29) is 11.8 Å². The maximum atomic E-state index is 12.7. The van der Waals surface area contributed by atoms with Crippen LogP contribution in [0.4, 0.5) is 30.6 Å². The molecule has 1 aromatic carbocycles. The molecule has 0 saturated carbocycles. The zero-order valence-electron chi connectivity index (χ0n) is 15.5. The van der Waals surface area contributed by atoms with Gasteiger partial charge in [-0.05, 0) is 42.8 Å². The number of halogens is 3. The van der Waals surface area contributed by atoms with Crippen LogP contribution in [0.5, 0.6) is 0 Å². The van der Waals surface area contributed by atoms with E-state index in [0.717, 1.165) is 12.1 Å². The van der Waals surface area contributed by atoms with Crippen molar-refractivity contribution in [3.63, 3.8) is 0 Å². The van der Waals surface area contributed by atoms with E-state index in [0.29, 0.717) is 29.2 Å². The number of hydrogen-bond acceptors (Lipinski definition) is 6. The Hall–Kier alpha value is -3.49. The molecule has 1 unspecified atom stereocenters. The summed E-state index contributed by atoms with van der Waals surface area (Å²) in [6.45, 7) is 1.87. The topological polar surface area (TPSA) is 101 Å². The molecule has 29 heavy (non-hydrogen) atoms. The molecule has 0 saturated heterocycles. The maximum absolute atomic E-state index is 12.7. The Balaban J connectivity index is 1.93. The van der Waals surface area contributed by atoms with E-state index >= 15 is 0 Å². The van der Waals surface area contributed by atoms with Crippen LogP contribution in [0.25, 0.3) is 0 Å². The Morgan fingerprint density at radius 3 is 2.41 bits per heavy atom. The molecule has 0 aliphatic heterocycles. The van der Waals surface area contributed by atoms with Crippen molar-refractivity contribution in [3.8, 4) is 0 Å². The lowest BCUT2D eigenvalue weighted by Crippen LogP contribution is -2.17. The summed E-state index contributed by atoms with van der Waals surface area (Å²) >= 11 is 0. The van der Waals surface area contributed by atoms with Crippen molar-refractivity contribution in [2.24, 2.45) is 0 Å². The van der Waals surface area contributed by atoms with Crippen LogP contribution in [0.3, 0.4) is 0 Å². The third-order valence-electron chi connectivity index (χ3n) is 4.24. The smallest absolute Gasteiger partial charge is 0.384 e. The van der Waals surface area contributed by atoms with Gasteiger partial charge >= 0.3 is 6.18 Å². The molecule has 0 bridgehead atoms. The quantitative estimate of drug-likeness (QED) is 0.517. The SMILES string of the molecule is CCC(=N)C(c1ccccn1)c1cc(N)nc(Nc2ccc(C(F)(F)F)cc2)n1. The Morgan fingerprint density at radius 2 is 1.83 bits per heavy atom. The fourth-order valence-electron chi connectivity index (χ4n) is 2.82. The summed E-state index contributed by atoms with van der Waals surface area (Å²) < 4.78 is 38.2. The van der Waals surface area contributed by atoms with Gasteiger partial charge < -0.3 is 16.5 Å². The highest BCUT2D eigenvalue weighted by atomic mass is 19.4. The van der Waals surface area contributed by atoms with Crippen molar-refractivity contribution in [2.75, 3.05) is 11.1 Å². The second-order valence-electron chi connectivity index (χ2n) is 6.31. The van der Waals surface area contributed by atoms with Crippen LogP contribution in [0.1, 0.15) is 36.2 Å². The first kappa shape index (κ1) is 20.2. The summed E-state index contributed by atoms with van der Waals surface area (Å²) in [5.41, 5.74) is 7.10. The zero-order valence-corrected chi connectivity index (χ0v) is 15.5. The van der Waals surface area contributed by atoms with Crippen LogP contribution in [0, 0.1) is 5.41 Å². The number of nitrogens with zero attached hydrogens (tertiary/aromatic N) is 3. The average Bonchev–Trinajstić information content (AvgIpc) is 2.68. The number of nitrogens with one attached hydrogen (secondary N) is 2. The summed E-state index contributed by atoms with van der Waals surface area (Å²) in [6.07, 6.45) is -2.28. The molecule has 0 aliphatic rings. The predicted octanol–water partition coefficient (Wildman–Crippen LogP) is 4.78. The fourth-order valence-corrected chi connectivity index (χ4v) is 2.82. The highest BCUT2D eigenvalue weighted by molar-refractivity contribution is 5.90. The van der Waals surface area contributed by atoms with Gasteiger partial charge in [0.25, 0.3) is 0 Å². The summed E-state index contributed by atoms with van der Waals surface area (Å²) in [7, 11) is 0. The molecule has 2 aromatic heterocycles. The normalized spacial score (nSPS) is 12.4. The van der Waals surface area contributed by atoms with Gasteiger partial charge in [0.1, 0.15) is 5.82 Å². The van der Waals surface area contributed by atoms with Crippen LogP contribution in [-0.2, 0) is 6.18 Å². The van der Waals surface area contributed by atoms with Crippen molar-refractivity contribution in [2.45, 2.75) is 25.4 Å². The number of pyridine rings is 1. The van der Waals surface area contributed by atoms with Gasteiger partial charge in [0.15, 0.2) is 0 Å². The Bertz CT molecular complexity index is 987. The molecule has 4 N–H and O–H groups in total. The minimum absolute atomic E-state index is 0.129. The summed E-state index contributed by atoms with van der Waals surface area (Å²) in [4.78, 5) is 12.9. The predicted molar refractivity (Wildman–Crippen MR) is 105 cm³/mol. The fraction of sp³-hybridized carbons (Fsp3) is 0.200. The molecule has 2 heterocycles. The molecular formula is C20H19F3N6. The standard InChI is InChI=1S/C20H19F3N6/c1-2-14(24)18(15-5-3-4-10-26-15)16-11-17(25)29-19(28-16)27-13-8-6-12(7-9-13)20(21,22)23/h3-11,18,24H,2H2,1H3,(H3,25,27,28,29). The number of aromatic nitrogens is 3. The molecule has 3 aromatic rings. The van der Waals surface area contributed by atoms with Gasteiger partial charge in [-0.1, -0.05) is 13.0 Å². The summed E-state index contributed by atoms with van der Waals surface area (Å²) in [6, 6.07) is 11.5. The highest BCUT2D eigenvalue weighted by Gasteiger charge is 2.30. The van der Waals surface area contributed by atoms with Gasteiger partial charge in [-0.25, -0.2) is 4.98 Å². The monoisotopic (exact) mass is 400 g/mol. The van der Waals surface area contributed by atoms with Crippen LogP contribution < -0.4 is 11.1 Å². The number of nitrogens with two attached hydrogens (primary N) is 1. The molecule has 3 rings (SSSR count). The van der Waals surface area contributed by atoms with Crippen LogP contribution in [0.15, 0.2) is 54.7 Å². The third-order valence-corrected chi connectivity index (χ3v) is 4.24. The van der Waals surface area contributed by atoms with Crippen LogP contribution in [-0.4, -0.2) is 20.7 Å². The molecule has 0 aliphatic carbocycles. The van der Waals surface area contributed by atoms with E-state index < -0.39 is 17.7 Å². The Kier molecular flexibility index (Phi) is 5.76. The van der Waals surface area contributed by atoms with Gasteiger partial charge in [0.05, 0.1) is 22.9 Å². The number of rotatable bonds is 6. The van der Waals surface area contributed by atoms with E-state index in [1.807, 2.05) is 13.0 Å². The minimum Gasteiger partial charge on any atom is -0.384 e. The molecule has 0 fully saturated rings. The number of nitrogen functional groups attached to an aromatic ring is 1. The molecule has 0 amide bonds. The molecule has 150 valence electrons. The molecule has 0 radical (unpaired) electrons.